The number of nitrogens with one attached hydrogen (secondary N) is 1. The zero-order chi connectivity index (χ0) is 17.4. The van der Waals surface area contributed by atoms with Gasteiger partial charge >= 0.3 is 0 Å². The smallest absolute Gasteiger partial charge is 0.275 e. The van der Waals surface area contributed by atoms with Crippen LogP contribution in [-0.2, 0) is 6.54 Å². The SMILES string of the molecule is Cc1nn(Cc2ccc(Cl)cc2Cl)c2sc(C(=O)NN(C)C)cc12. The summed E-state index contributed by atoms with van der Waals surface area (Å²) in [4.78, 5) is 13.8. The molecule has 1 amide bonds. The molecule has 0 spiro atoms. The average molecular weight is 383 g/mol. The molecule has 2 heterocycles. The molecular weight excluding hydrogens is 367 g/mol. The van der Waals surface area contributed by atoms with E-state index in [1.165, 1.54) is 11.3 Å². The molecule has 1 aromatic carbocycles. The molecule has 24 heavy (non-hydrogen) atoms. The maximum Gasteiger partial charge on any atom is 0.275 e. The molecule has 8 heteroatoms. The van der Waals surface area contributed by atoms with Crippen molar-refractivity contribution in [2.24, 2.45) is 0 Å². The number of rotatable bonds is 4. The molecule has 0 aliphatic rings. The lowest BCUT2D eigenvalue weighted by Crippen LogP contribution is -2.35. The summed E-state index contributed by atoms with van der Waals surface area (Å²) in [6, 6.07) is 7.29. The van der Waals surface area contributed by atoms with E-state index < -0.39 is 0 Å². The zero-order valence-electron chi connectivity index (χ0n) is 13.4. The molecule has 0 aliphatic heterocycles. The van der Waals surface area contributed by atoms with Crippen LogP contribution in [0.5, 0.6) is 0 Å². The lowest BCUT2D eigenvalue weighted by molar-refractivity contribution is 0.0861. The molecular formula is C16H16Cl2N4OS. The molecule has 2 aromatic heterocycles. The summed E-state index contributed by atoms with van der Waals surface area (Å²) in [7, 11) is 3.56. The highest BCUT2D eigenvalue weighted by Crippen LogP contribution is 2.30. The first-order valence-corrected chi connectivity index (χ1v) is 8.81. The third-order valence-electron chi connectivity index (χ3n) is 3.49. The number of hydrogen-bond donors (Lipinski definition) is 1. The molecule has 5 nitrogen and oxygen atoms in total. The quantitative estimate of drug-likeness (QED) is 0.694. The highest BCUT2D eigenvalue weighted by atomic mass is 35.5. The van der Waals surface area contributed by atoms with Crippen molar-refractivity contribution < 1.29 is 4.79 Å². The lowest BCUT2D eigenvalue weighted by atomic mass is 10.2. The van der Waals surface area contributed by atoms with Crippen LogP contribution in [0, 0.1) is 6.92 Å². The van der Waals surface area contributed by atoms with Crippen LogP contribution in [0.1, 0.15) is 20.9 Å². The van der Waals surface area contributed by atoms with E-state index in [4.69, 9.17) is 23.2 Å². The fourth-order valence-corrected chi connectivity index (χ4v) is 3.92. The van der Waals surface area contributed by atoms with Gasteiger partial charge in [-0.3, -0.25) is 14.9 Å². The van der Waals surface area contributed by atoms with E-state index in [-0.39, 0.29) is 5.91 Å². The second kappa shape index (κ2) is 6.72. The highest BCUT2D eigenvalue weighted by Gasteiger charge is 2.17. The van der Waals surface area contributed by atoms with Crippen molar-refractivity contribution in [3.63, 3.8) is 0 Å². The van der Waals surface area contributed by atoms with E-state index in [9.17, 15) is 4.79 Å². The number of nitrogens with zero attached hydrogens (tertiary/aromatic N) is 3. The summed E-state index contributed by atoms with van der Waals surface area (Å²) >= 11 is 13.6. The number of fused-ring (bicyclic) bond motifs is 1. The maximum atomic E-state index is 12.2. The predicted molar refractivity (Wildman–Crippen MR) is 99.1 cm³/mol. The van der Waals surface area contributed by atoms with Crippen LogP contribution < -0.4 is 5.43 Å². The molecule has 0 saturated carbocycles. The van der Waals surface area contributed by atoms with E-state index in [0.717, 1.165) is 21.5 Å². The Bertz CT molecular complexity index is 916. The third kappa shape index (κ3) is 3.42. The molecule has 0 radical (unpaired) electrons. The summed E-state index contributed by atoms with van der Waals surface area (Å²) in [6.45, 7) is 2.46. The number of thiophene rings is 1. The van der Waals surface area contributed by atoms with Gasteiger partial charge in [0, 0.05) is 29.5 Å². The number of carbonyl (C=O) groups excluding carboxylic acids is 1. The fourth-order valence-electron chi connectivity index (χ4n) is 2.40. The second-order valence-electron chi connectivity index (χ2n) is 5.64. The average Bonchev–Trinajstić information content (AvgIpc) is 3.03. The standard InChI is InChI=1S/C16H16Cl2N4OS/c1-9-12-7-14(15(23)20-21(2)3)24-16(12)22(19-9)8-10-4-5-11(17)6-13(10)18/h4-7H,8H2,1-3H3,(H,20,23). The van der Waals surface area contributed by atoms with Gasteiger partial charge in [0.25, 0.3) is 5.91 Å². The van der Waals surface area contributed by atoms with Crippen molar-refractivity contribution in [1.29, 1.82) is 0 Å². The molecule has 0 fully saturated rings. The summed E-state index contributed by atoms with van der Waals surface area (Å²) in [5, 5.41) is 8.37. The molecule has 126 valence electrons. The highest BCUT2D eigenvalue weighted by molar-refractivity contribution is 7.20. The summed E-state index contributed by atoms with van der Waals surface area (Å²) in [6.07, 6.45) is 0. The van der Waals surface area contributed by atoms with Crippen molar-refractivity contribution in [3.05, 3.63) is 50.4 Å². The Labute approximate surface area is 153 Å². The van der Waals surface area contributed by atoms with Crippen LogP contribution in [0.3, 0.4) is 0 Å². The van der Waals surface area contributed by atoms with Crippen LogP contribution in [0.4, 0.5) is 0 Å². The van der Waals surface area contributed by atoms with Crippen molar-refractivity contribution in [1.82, 2.24) is 20.2 Å². The van der Waals surface area contributed by atoms with Gasteiger partial charge in [0.1, 0.15) is 4.83 Å². The molecule has 0 unspecified atom stereocenters. The summed E-state index contributed by atoms with van der Waals surface area (Å²) < 4.78 is 1.87. The first-order chi connectivity index (χ1) is 11.3. The van der Waals surface area contributed by atoms with Gasteiger partial charge in [-0.2, -0.15) is 5.10 Å². The van der Waals surface area contributed by atoms with Gasteiger partial charge in [-0.15, -0.1) is 11.3 Å². The minimum atomic E-state index is -0.128. The van der Waals surface area contributed by atoms with Crippen LogP contribution in [-0.4, -0.2) is 34.8 Å². The molecule has 0 saturated heterocycles. The molecule has 3 aromatic rings. The maximum absolute atomic E-state index is 12.2. The molecule has 0 bridgehead atoms. The number of amides is 1. The largest absolute Gasteiger partial charge is 0.285 e. The van der Waals surface area contributed by atoms with Gasteiger partial charge in [0.2, 0.25) is 0 Å². The summed E-state index contributed by atoms with van der Waals surface area (Å²) in [5.41, 5.74) is 4.57. The number of aryl methyl sites for hydroxylation is 1. The first kappa shape index (κ1) is 17.2. The van der Waals surface area contributed by atoms with E-state index in [0.29, 0.717) is 21.5 Å². The lowest BCUT2D eigenvalue weighted by Gasteiger charge is -2.10. The molecule has 3 rings (SSSR count). The number of halogens is 2. The Kier molecular flexibility index (Phi) is 4.83. The van der Waals surface area contributed by atoms with E-state index >= 15 is 0 Å². The number of aromatic nitrogens is 2. The fraction of sp³-hybridized carbons (Fsp3) is 0.250. The predicted octanol–water partition coefficient (Wildman–Crippen LogP) is 3.97. The normalized spacial score (nSPS) is 11.4. The Balaban J connectivity index is 1.96. The van der Waals surface area contributed by atoms with Crippen molar-refractivity contribution in [3.8, 4) is 0 Å². The van der Waals surface area contributed by atoms with E-state index in [1.807, 2.05) is 23.7 Å². The molecule has 1 N–H and O–H groups in total. The van der Waals surface area contributed by atoms with Gasteiger partial charge in [-0.05, 0) is 30.7 Å². The van der Waals surface area contributed by atoms with Crippen LogP contribution >= 0.6 is 34.5 Å². The van der Waals surface area contributed by atoms with Crippen molar-refractivity contribution >= 4 is 50.7 Å². The first-order valence-electron chi connectivity index (χ1n) is 7.24. The van der Waals surface area contributed by atoms with E-state index in [2.05, 4.69) is 10.5 Å². The van der Waals surface area contributed by atoms with Crippen LogP contribution in [0.25, 0.3) is 10.2 Å². The Morgan fingerprint density at radius 2 is 2.08 bits per heavy atom. The topological polar surface area (TPSA) is 50.2 Å². The van der Waals surface area contributed by atoms with Crippen molar-refractivity contribution in [2.75, 3.05) is 14.1 Å². The number of benzene rings is 1. The minimum absolute atomic E-state index is 0.128. The second-order valence-corrected chi connectivity index (χ2v) is 7.52. The third-order valence-corrected chi connectivity index (χ3v) is 5.23. The monoisotopic (exact) mass is 382 g/mol. The number of carbonyl (C=O) groups is 1. The molecule has 0 atom stereocenters. The number of hydrogen-bond acceptors (Lipinski definition) is 4. The van der Waals surface area contributed by atoms with Crippen LogP contribution in [0.2, 0.25) is 10.0 Å². The minimum Gasteiger partial charge on any atom is -0.285 e. The van der Waals surface area contributed by atoms with Gasteiger partial charge in [-0.25, -0.2) is 5.01 Å². The van der Waals surface area contributed by atoms with Crippen molar-refractivity contribution in [2.45, 2.75) is 13.5 Å². The van der Waals surface area contributed by atoms with E-state index in [1.54, 1.807) is 31.2 Å². The Morgan fingerprint density at radius 1 is 1.33 bits per heavy atom. The number of hydrazine groups is 1. The molecule has 0 aliphatic carbocycles. The zero-order valence-corrected chi connectivity index (χ0v) is 15.8. The Morgan fingerprint density at radius 3 is 2.75 bits per heavy atom. The van der Waals surface area contributed by atoms with Crippen LogP contribution in [0.15, 0.2) is 24.3 Å². The summed E-state index contributed by atoms with van der Waals surface area (Å²) in [5.74, 6) is -0.128. The van der Waals surface area contributed by atoms with Gasteiger partial charge in [-0.1, -0.05) is 29.3 Å². The van der Waals surface area contributed by atoms with Gasteiger partial charge < -0.3 is 0 Å². The van der Waals surface area contributed by atoms with Gasteiger partial charge in [0.05, 0.1) is 17.1 Å². The Hall–Kier alpha value is -1.60. The van der Waals surface area contributed by atoms with Gasteiger partial charge in [0.15, 0.2) is 0 Å².